The molecule has 1 rings (SSSR count). The highest BCUT2D eigenvalue weighted by Gasteiger charge is 2.18. The SMILES string of the molecule is CC(C)C(N)C(C)c1ccc(Cl)c(Cl)c1. The lowest BCUT2D eigenvalue weighted by atomic mass is 9.87. The molecule has 84 valence electrons. The summed E-state index contributed by atoms with van der Waals surface area (Å²) in [5.41, 5.74) is 7.25. The van der Waals surface area contributed by atoms with Crippen molar-refractivity contribution in [2.24, 2.45) is 11.7 Å². The monoisotopic (exact) mass is 245 g/mol. The molecule has 0 aliphatic heterocycles. The van der Waals surface area contributed by atoms with E-state index in [2.05, 4.69) is 20.8 Å². The molecule has 3 heteroatoms. The van der Waals surface area contributed by atoms with Crippen LogP contribution in [0.4, 0.5) is 0 Å². The molecule has 0 aromatic heterocycles. The molecule has 0 bridgehead atoms. The van der Waals surface area contributed by atoms with Gasteiger partial charge in [-0.05, 0) is 29.5 Å². The fourth-order valence-corrected chi connectivity index (χ4v) is 1.90. The van der Waals surface area contributed by atoms with Gasteiger partial charge in [-0.15, -0.1) is 0 Å². The molecule has 0 saturated carbocycles. The van der Waals surface area contributed by atoms with Gasteiger partial charge in [-0.1, -0.05) is 50.0 Å². The number of halogens is 2. The van der Waals surface area contributed by atoms with Crippen molar-refractivity contribution in [3.8, 4) is 0 Å². The smallest absolute Gasteiger partial charge is 0.0595 e. The molecular weight excluding hydrogens is 229 g/mol. The summed E-state index contributed by atoms with van der Waals surface area (Å²) < 4.78 is 0. The Balaban J connectivity index is 2.91. The molecule has 0 saturated heterocycles. The molecular formula is C12H17Cl2N. The second kappa shape index (κ2) is 5.20. The zero-order valence-corrected chi connectivity index (χ0v) is 10.8. The second-order valence-corrected chi connectivity index (χ2v) is 5.10. The van der Waals surface area contributed by atoms with Gasteiger partial charge < -0.3 is 5.73 Å². The van der Waals surface area contributed by atoms with Gasteiger partial charge in [-0.3, -0.25) is 0 Å². The Morgan fingerprint density at radius 2 is 1.67 bits per heavy atom. The van der Waals surface area contributed by atoms with E-state index in [4.69, 9.17) is 28.9 Å². The molecule has 2 atom stereocenters. The Kier molecular flexibility index (Phi) is 4.45. The molecule has 2 N–H and O–H groups in total. The number of hydrogen-bond acceptors (Lipinski definition) is 1. The molecule has 0 radical (unpaired) electrons. The highest BCUT2D eigenvalue weighted by molar-refractivity contribution is 6.42. The normalized spacial score (nSPS) is 15.4. The first kappa shape index (κ1) is 12.8. The third-order valence-corrected chi connectivity index (χ3v) is 3.56. The number of nitrogens with two attached hydrogens (primary N) is 1. The Morgan fingerprint density at radius 3 is 2.13 bits per heavy atom. The van der Waals surface area contributed by atoms with Crippen molar-refractivity contribution in [2.75, 3.05) is 0 Å². The van der Waals surface area contributed by atoms with Crippen molar-refractivity contribution in [2.45, 2.75) is 32.7 Å². The van der Waals surface area contributed by atoms with Crippen molar-refractivity contribution in [3.05, 3.63) is 33.8 Å². The quantitative estimate of drug-likeness (QED) is 0.854. The summed E-state index contributed by atoms with van der Waals surface area (Å²) in [6.07, 6.45) is 0. The fraction of sp³-hybridized carbons (Fsp3) is 0.500. The van der Waals surface area contributed by atoms with Gasteiger partial charge in [0.05, 0.1) is 10.0 Å². The summed E-state index contributed by atoms with van der Waals surface area (Å²) in [5.74, 6) is 0.745. The maximum absolute atomic E-state index is 6.10. The van der Waals surface area contributed by atoms with Crippen LogP contribution in [0.3, 0.4) is 0 Å². The molecule has 15 heavy (non-hydrogen) atoms. The van der Waals surface area contributed by atoms with Gasteiger partial charge in [-0.25, -0.2) is 0 Å². The van der Waals surface area contributed by atoms with E-state index in [1.54, 1.807) is 0 Å². The lowest BCUT2D eigenvalue weighted by Crippen LogP contribution is -2.32. The average molecular weight is 246 g/mol. The predicted molar refractivity (Wildman–Crippen MR) is 67.7 cm³/mol. The van der Waals surface area contributed by atoms with Crippen LogP contribution in [0.25, 0.3) is 0 Å². The van der Waals surface area contributed by atoms with Crippen LogP contribution in [0, 0.1) is 5.92 Å². The Morgan fingerprint density at radius 1 is 1.07 bits per heavy atom. The zero-order valence-electron chi connectivity index (χ0n) is 9.30. The molecule has 0 heterocycles. The lowest BCUT2D eigenvalue weighted by Gasteiger charge is -2.24. The Bertz CT molecular complexity index is 336. The molecule has 1 aromatic carbocycles. The summed E-state index contributed by atoms with van der Waals surface area (Å²) in [6.45, 7) is 6.36. The second-order valence-electron chi connectivity index (χ2n) is 4.28. The molecule has 2 unspecified atom stereocenters. The van der Waals surface area contributed by atoms with Gasteiger partial charge in [-0.2, -0.15) is 0 Å². The summed E-state index contributed by atoms with van der Waals surface area (Å²) >= 11 is 11.8. The Labute approximate surface area is 102 Å². The van der Waals surface area contributed by atoms with Crippen LogP contribution in [0.15, 0.2) is 18.2 Å². The van der Waals surface area contributed by atoms with Crippen molar-refractivity contribution < 1.29 is 0 Å². The maximum Gasteiger partial charge on any atom is 0.0595 e. The predicted octanol–water partition coefficient (Wildman–Crippen LogP) is 4.08. The number of rotatable bonds is 3. The first-order valence-corrected chi connectivity index (χ1v) is 5.89. The van der Waals surface area contributed by atoms with E-state index in [9.17, 15) is 0 Å². The van der Waals surface area contributed by atoms with Crippen molar-refractivity contribution in [3.63, 3.8) is 0 Å². The summed E-state index contributed by atoms with van der Waals surface area (Å²) in [7, 11) is 0. The molecule has 0 aliphatic rings. The standard InChI is InChI=1S/C12H17Cl2N/c1-7(2)12(15)8(3)9-4-5-10(13)11(14)6-9/h4-8,12H,15H2,1-3H3. The van der Waals surface area contributed by atoms with E-state index < -0.39 is 0 Å². The lowest BCUT2D eigenvalue weighted by molar-refractivity contribution is 0.434. The van der Waals surface area contributed by atoms with Crippen LogP contribution < -0.4 is 5.73 Å². The average Bonchev–Trinajstić information content (AvgIpc) is 2.19. The van der Waals surface area contributed by atoms with E-state index in [0.717, 1.165) is 5.56 Å². The van der Waals surface area contributed by atoms with Gasteiger partial charge in [0.1, 0.15) is 0 Å². The fourth-order valence-electron chi connectivity index (χ4n) is 1.60. The minimum Gasteiger partial charge on any atom is -0.327 e. The number of hydrogen-bond donors (Lipinski definition) is 1. The summed E-state index contributed by atoms with van der Waals surface area (Å²) in [5, 5.41) is 1.18. The highest BCUT2D eigenvalue weighted by atomic mass is 35.5. The topological polar surface area (TPSA) is 26.0 Å². The van der Waals surface area contributed by atoms with Crippen LogP contribution in [-0.2, 0) is 0 Å². The molecule has 0 spiro atoms. The molecule has 1 aromatic rings. The molecule has 1 nitrogen and oxygen atoms in total. The van der Waals surface area contributed by atoms with Gasteiger partial charge in [0.2, 0.25) is 0 Å². The van der Waals surface area contributed by atoms with Crippen molar-refractivity contribution in [1.82, 2.24) is 0 Å². The first-order valence-electron chi connectivity index (χ1n) is 5.14. The van der Waals surface area contributed by atoms with Gasteiger partial charge in [0, 0.05) is 6.04 Å². The zero-order chi connectivity index (χ0) is 11.6. The summed E-state index contributed by atoms with van der Waals surface area (Å²) in [4.78, 5) is 0. The van der Waals surface area contributed by atoms with Crippen LogP contribution >= 0.6 is 23.2 Å². The first-order chi connectivity index (χ1) is 6.93. The van der Waals surface area contributed by atoms with E-state index in [1.807, 2.05) is 18.2 Å². The third-order valence-electron chi connectivity index (χ3n) is 2.82. The van der Waals surface area contributed by atoms with E-state index >= 15 is 0 Å². The van der Waals surface area contributed by atoms with Crippen molar-refractivity contribution in [1.29, 1.82) is 0 Å². The third kappa shape index (κ3) is 3.10. The molecule has 0 amide bonds. The minimum atomic E-state index is 0.141. The summed E-state index contributed by atoms with van der Waals surface area (Å²) in [6, 6.07) is 5.85. The van der Waals surface area contributed by atoms with Gasteiger partial charge in [0.25, 0.3) is 0 Å². The van der Waals surface area contributed by atoms with E-state index in [-0.39, 0.29) is 6.04 Å². The molecule has 0 aliphatic carbocycles. The van der Waals surface area contributed by atoms with Crippen LogP contribution in [0.2, 0.25) is 10.0 Å². The van der Waals surface area contributed by atoms with E-state index in [1.165, 1.54) is 0 Å². The largest absolute Gasteiger partial charge is 0.327 e. The number of benzene rings is 1. The van der Waals surface area contributed by atoms with Gasteiger partial charge in [0.15, 0.2) is 0 Å². The maximum atomic E-state index is 6.10. The van der Waals surface area contributed by atoms with Gasteiger partial charge >= 0.3 is 0 Å². The van der Waals surface area contributed by atoms with Crippen LogP contribution in [-0.4, -0.2) is 6.04 Å². The van der Waals surface area contributed by atoms with Crippen LogP contribution in [0.1, 0.15) is 32.3 Å². The highest BCUT2D eigenvalue weighted by Crippen LogP contribution is 2.28. The minimum absolute atomic E-state index is 0.141. The van der Waals surface area contributed by atoms with Crippen LogP contribution in [0.5, 0.6) is 0 Å². The Hall–Kier alpha value is -0.240. The molecule has 0 fully saturated rings. The van der Waals surface area contributed by atoms with Crippen molar-refractivity contribution >= 4 is 23.2 Å². The van der Waals surface area contributed by atoms with E-state index in [0.29, 0.717) is 21.9 Å².